The van der Waals surface area contributed by atoms with Crippen LogP contribution in [0.2, 0.25) is 0 Å². The third-order valence-electron chi connectivity index (χ3n) is 2.63. The molecule has 0 aliphatic rings. The van der Waals surface area contributed by atoms with Gasteiger partial charge in [0.25, 0.3) is 0 Å². The SMILES string of the molecule is CC#CCCn1c(CNCC(C)C)cnc1C. The first-order valence-electron chi connectivity index (χ1n) is 6.26. The van der Waals surface area contributed by atoms with E-state index in [-0.39, 0.29) is 0 Å². The van der Waals surface area contributed by atoms with E-state index in [4.69, 9.17) is 0 Å². The number of hydrogen-bond acceptors (Lipinski definition) is 2. The highest BCUT2D eigenvalue weighted by molar-refractivity contribution is 5.05. The van der Waals surface area contributed by atoms with Gasteiger partial charge in [-0.15, -0.1) is 11.8 Å². The van der Waals surface area contributed by atoms with Gasteiger partial charge in [0, 0.05) is 25.7 Å². The first-order chi connectivity index (χ1) is 8.15. The van der Waals surface area contributed by atoms with Gasteiger partial charge in [-0.25, -0.2) is 4.98 Å². The summed E-state index contributed by atoms with van der Waals surface area (Å²) in [4.78, 5) is 4.37. The normalized spacial score (nSPS) is 10.4. The molecule has 0 aliphatic carbocycles. The third-order valence-corrected chi connectivity index (χ3v) is 2.63. The van der Waals surface area contributed by atoms with Crippen molar-refractivity contribution in [1.29, 1.82) is 0 Å². The lowest BCUT2D eigenvalue weighted by Crippen LogP contribution is -2.21. The molecule has 0 fully saturated rings. The van der Waals surface area contributed by atoms with Gasteiger partial charge in [0.2, 0.25) is 0 Å². The van der Waals surface area contributed by atoms with Gasteiger partial charge in [0.1, 0.15) is 5.82 Å². The molecular formula is C14H23N3. The van der Waals surface area contributed by atoms with Crippen LogP contribution in [0.25, 0.3) is 0 Å². The van der Waals surface area contributed by atoms with E-state index >= 15 is 0 Å². The minimum absolute atomic E-state index is 0.679. The standard InChI is InChI=1S/C14H23N3/c1-5-6-7-8-17-13(4)16-11-14(17)10-15-9-12(2)3/h11-12,15H,7-10H2,1-4H3. The number of aromatic nitrogens is 2. The number of rotatable bonds is 6. The van der Waals surface area contributed by atoms with Crippen LogP contribution in [-0.4, -0.2) is 16.1 Å². The van der Waals surface area contributed by atoms with Gasteiger partial charge >= 0.3 is 0 Å². The monoisotopic (exact) mass is 233 g/mol. The van der Waals surface area contributed by atoms with Crippen LogP contribution in [0.1, 0.15) is 38.7 Å². The van der Waals surface area contributed by atoms with E-state index in [1.807, 2.05) is 20.0 Å². The molecule has 3 heteroatoms. The van der Waals surface area contributed by atoms with Crippen molar-refractivity contribution >= 4 is 0 Å². The molecule has 1 N–H and O–H groups in total. The van der Waals surface area contributed by atoms with Crippen molar-refractivity contribution in [2.45, 2.75) is 47.2 Å². The smallest absolute Gasteiger partial charge is 0.105 e. The zero-order valence-corrected chi connectivity index (χ0v) is 11.4. The Hall–Kier alpha value is -1.27. The molecule has 1 heterocycles. The predicted molar refractivity (Wildman–Crippen MR) is 71.6 cm³/mol. The number of imidazole rings is 1. The van der Waals surface area contributed by atoms with E-state index in [1.54, 1.807) is 0 Å². The molecule has 0 bridgehead atoms. The van der Waals surface area contributed by atoms with Gasteiger partial charge < -0.3 is 9.88 Å². The molecule has 94 valence electrons. The zero-order valence-electron chi connectivity index (χ0n) is 11.4. The first kappa shape index (κ1) is 13.8. The summed E-state index contributed by atoms with van der Waals surface area (Å²) < 4.78 is 2.25. The Labute approximate surface area is 105 Å². The molecule has 0 amide bonds. The summed E-state index contributed by atoms with van der Waals surface area (Å²) in [5, 5.41) is 3.45. The molecule has 0 aromatic carbocycles. The molecule has 17 heavy (non-hydrogen) atoms. The Kier molecular flexibility index (Phi) is 5.79. The van der Waals surface area contributed by atoms with E-state index < -0.39 is 0 Å². The molecule has 0 saturated carbocycles. The Bertz CT molecular complexity index is 393. The minimum atomic E-state index is 0.679. The highest BCUT2D eigenvalue weighted by atomic mass is 15.1. The minimum Gasteiger partial charge on any atom is -0.330 e. The zero-order chi connectivity index (χ0) is 12.7. The summed E-state index contributed by atoms with van der Waals surface area (Å²) in [6.45, 7) is 11.2. The van der Waals surface area contributed by atoms with Crippen molar-refractivity contribution in [2.75, 3.05) is 6.54 Å². The van der Waals surface area contributed by atoms with Gasteiger partial charge in [0.05, 0.1) is 5.69 Å². The van der Waals surface area contributed by atoms with Crippen molar-refractivity contribution in [3.8, 4) is 11.8 Å². The first-order valence-corrected chi connectivity index (χ1v) is 6.26. The van der Waals surface area contributed by atoms with Gasteiger partial charge in [-0.05, 0) is 26.3 Å². The maximum absolute atomic E-state index is 4.37. The van der Waals surface area contributed by atoms with Crippen LogP contribution in [0.5, 0.6) is 0 Å². The van der Waals surface area contributed by atoms with Crippen LogP contribution >= 0.6 is 0 Å². The Balaban J connectivity index is 2.55. The molecule has 1 rings (SSSR count). The summed E-state index contributed by atoms with van der Waals surface area (Å²) in [6, 6.07) is 0. The van der Waals surface area contributed by atoms with Crippen LogP contribution in [-0.2, 0) is 13.1 Å². The highest BCUT2D eigenvalue weighted by Crippen LogP contribution is 2.06. The van der Waals surface area contributed by atoms with Gasteiger partial charge in [0.15, 0.2) is 0 Å². The third kappa shape index (κ3) is 4.62. The van der Waals surface area contributed by atoms with E-state index in [0.717, 1.165) is 31.9 Å². The number of aryl methyl sites for hydroxylation is 1. The van der Waals surface area contributed by atoms with Crippen molar-refractivity contribution in [1.82, 2.24) is 14.9 Å². The van der Waals surface area contributed by atoms with Crippen LogP contribution < -0.4 is 5.32 Å². The quantitative estimate of drug-likeness (QED) is 0.764. The van der Waals surface area contributed by atoms with Gasteiger partial charge in [-0.1, -0.05) is 13.8 Å². The Morgan fingerprint density at radius 3 is 2.88 bits per heavy atom. The van der Waals surface area contributed by atoms with Crippen molar-refractivity contribution in [2.24, 2.45) is 5.92 Å². The molecular weight excluding hydrogens is 210 g/mol. The van der Waals surface area contributed by atoms with Crippen molar-refractivity contribution in [3.05, 3.63) is 17.7 Å². The number of hydrogen-bond donors (Lipinski definition) is 1. The summed E-state index contributed by atoms with van der Waals surface area (Å²) in [5.74, 6) is 7.78. The molecule has 0 spiro atoms. The van der Waals surface area contributed by atoms with E-state index in [0.29, 0.717) is 5.92 Å². The second-order valence-electron chi connectivity index (χ2n) is 4.65. The van der Waals surface area contributed by atoms with Crippen LogP contribution in [0.15, 0.2) is 6.20 Å². The van der Waals surface area contributed by atoms with Crippen LogP contribution in [0, 0.1) is 24.7 Å². The predicted octanol–water partition coefficient (Wildman–Crippen LogP) is 2.35. The topological polar surface area (TPSA) is 29.9 Å². The summed E-state index contributed by atoms with van der Waals surface area (Å²) in [7, 11) is 0. The van der Waals surface area contributed by atoms with Crippen molar-refractivity contribution < 1.29 is 0 Å². The molecule has 0 saturated heterocycles. The summed E-state index contributed by atoms with van der Waals surface area (Å²) >= 11 is 0. The van der Waals surface area contributed by atoms with Gasteiger partial charge in [-0.2, -0.15) is 0 Å². The van der Waals surface area contributed by atoms with Crippen molar-refractivity contribution in [3.63, 3.8) is 0 Å². The van der Waals surface area contributed by atoms with E-state index in [1.165, 1.54) is 5.69 Å². The fraction of sp³-hybridized carbons (Fsp3) is 0.643. The molecule has 1 aromatic rings. The van der Waals surface area contributed by atoms with Crippen LogP contribution in [0.4, 0.5) is 0 Å². The van der Waals surface area contributed by atoms with Crippen LogP contribution in [0.3, 0.4) is 0 Å². The number of nitrogens with zero attached hydrogens (tertiary/aromatic N) is 2. The van der Waals surface area contributed by atoms with E-state index in [9.17, 15) is 0 Å². The second-order valence-corrected chi connectivity index (χ2v) is 4.65. The average molecular weight is 233 g/mol. The maximum Gasteiger partial charge on any atom is 0.105 e. The summed E-state index contributed by atoms with van der Waals surface area (Å²) in [5.41, 5.74) is 1.25. The Morgan fingerprint density at radius 2 is 2.24 bits per heavy atom. The Morgan fingerprint density at radius 1 is 1.47 bits per heavy atom. The van der Waals surface area contributed by atoms with E-state index in [2.05, 4.69) is 40.6 Å². The van der Waals surface area contributed by atoms with Gasteiger partial charge in [-0.3, -0.25) is 0 Å². The second kappa shape index (κ2) is 7.13. The lowest BCUT2D eigenvalue weighted by atomic mass is 10.2. The summed E-state index contributed by atoms with van der Waals surface area (Å²) in [6.07, 6.45) is 2.85. The molecule has 0 radical (unpaired) electrons. The molecule has 3 nitrogen and oxygen atoms in total. The molecule has 0 unspecified atom stereocenters. The fourth-order valence-corrected chi connectivity index (χ4v) is 1.74. The maximum atomic E-state index is 4.37. The molecule has 0 aliphatic heterocycles. The number of nitrogens with one attached hydrogen (secondary N) is 1. The molecule has 0 atom stereocenters. The average Bonchev–Trinajstić information content (AvgIpc) is 2.61. The fourth-order valence-electron chi connectivity index (χ4n) is 1.74. The lowest BCUT2D eigenvalue weighted by Gasteiger charge is -2.10. The molecule has 1 aromatic heterocycles. The lowest BCUT2D eigenvalue weighted by molar-refractivity contribution is 0.533. The largest absolute Gasteiger partial charge is 0.330 e. The highest BCUT2D eigenvalue weighted by Gasteiger charge is 2.05.